The largest absolute Gasteiger partial charge is 0.463 e. The van der Waals surface area contributed by atoms with Crippen LogP contribution in [0.5, 0.6) is 0 Å². The summed E-state index contributed by atoms with van der Waals surface area (Å²) in [4.78, 5) is 11.0. The van der Waals surface area contributed by atoms with E-state index in [1.807, 2.05) is 30.3 Å². The van der Waals surface area contributed by atoms with Crippen molar-refractivity contribution in [3.05, 3.63) is 48.0 Å². The molecule has 15 heavy (non-hydrogen) atoms. The van der Waals surface area contributed by atoms with Gasteiger partial charge in [0.25, 0.3) is 0 Å². The van der Waals surface area contributed by atoms with E-state index >= 15 is 0 Å². The first-order chi connectivity index (χ1) is 7.24. The van der Waals surface area contributed by atoms with E-state index in [-0.39, 0.29) is 12.0 Å². The van der Waals surface area contributed by atoms with E-state index in [0.29, 0.717) is 6.61 Å². The standard InChI is InChI=1S/C12H15NO2/c1-2-15-12(14)9-8-11(13)10-6-4-3-5-7-10/h3-9,11H,2,13H2,1H3/b9-8+/t11-/m0/s1. The summed E-state index contributed by atoms with van der Waals surface area (Å²) in [6.45, 7) is 2.15. The van der Waals surface area contributed by atoms with Gasteiger partial charge in [-0.1, -0.05) is 36.4 Å². The van der Waals surface area contributed by atoms with Crippen molar-refractivity contribution in [3.8, 4) is 0 Å². The van der Waals surface area contributed by atoms with Gasteiger partial charge in [0.2, 0.25) is 0 Å². The second kappa shape index (κ2) is 5.98. The molecule has 0 spiro atoms. The number of rotatable bonds is 4. The average molecular weight is 205 g/mol. The van der Waals surface area contributed by atoms with Gasteiger partial charge in [-0.15, -0.1) is 0 Å². The van der Waals surface area contributed by atoms with Gasteiger partial charge in [0.1, 0.15) is 0 Å². The molecular weight excluding hydrogens is 190 g/mol. The number of esters is 1. The van der Waals surface area contributed by atoms with Crippen LogP contribution in [0.2, 0.25) is 0 Å². The molecule has 0 aliphatic rings. The van der Waals surface area contributed by atoms with Crippen LogP contribution in [-0.4, -0.2) is 12.6 Å². The second-order valence-corrected chi connectivity index (χ2v) is 3.05. The van der Waals surface area contributed by atoms with Gasteiger partial charge < -0.3 is 10.5 Å². The van der Waals surface area contributed by atoms with Gasteiger partial charge in [-0.25, -0.2) is 4.79 Å². The quantitative estimate of drug-likeness (QED) is 0.602. The van der Waals surface area contributed by atoms with Crippen molar-refractivity contribution >= 4 is 5.97 Å². The summed E-state index contributed by atoms with van der Waals surface area (Å²) in [5.74, 6) is -0.358. The Bertz CT molecular complexity index is 333. The molecule has 1 rings (SSSR count). The number of nitrogens with two attached hydrogens (primary N) is 1. The zero-order valence-corrected chi connectivity index (χ0v) is 8.72. The van der Waals surface area contributed by atoms with Crippen LogP contribution in [0, 0.1) is 0 Å². The van der Waals surface area contributed by atoms with E-state index < -0.39 is 0 Å². The van der Waals surface area contributed by atoms with Crippen LogP contribution in [0.3, 0.4) is 0 Å². The smallest absolute Gasteiger partial charge is 0.330 e. The topological polar surface area (TPSA) is 52.3 Å². The van der Waals surface area contributed by atoms with E-state index in [1.54, 1.807) is 13.0 Å². The highest BCUT2D eigenvalue weighted by molar-refractivity contribution is 5.82. The van der Waals surface area contributed by atoms with Crippen molar-refractivity contribution in [2.45, 2.75) is 13.0 Å². The molecule has 0 aliphatic carbocycles. The fraction of sp³-hybridized carbons (Fsp3) is 0.250. The van der Waals surface area contributed by atoms with Crippen LogP contribution in [0.15, 0.2) is 42.5 Å². The molecule has 0 heterocycles. The Labute approximate surface area is 89.5 Å². The highest BCUT2D eigenvalue weighted by atomic mass is 16.5. The molecule has 0 aliphatic heterocycles. The van der Waals surface area contributed by atoms with E-state index in [0.717, 1.165) is 5.56 Å². The lowest BCUT2D eigenvalue weighted by Gasteiger charge is -2.05. The maximum atomic E-state index is 11.0. The molecule has 0 fully saturated rings. The summed E-state index contributed by atoms with van der Waals surface area (Å²) in [5, 5.41) is 0. The maximum absolute atomic E-state index is 11.0. The van der Waals surface area contributed by atoms with Crippen molar-refractivity contribution in [3.63, 3.8) is 0 Å². The van der Waals surface area contributed by atoms with Gasteiger partial charge in [-0.05, 0) is 12.5 Å². The highest BCUT2D eigenvalue weighted by Gasteiger charge is 2.01. The zero-order chi connectivity index (χ0) is 11.1. The molecule has 80 valence electrons. The molecule has 0 unspecified atom stereocenters. The monoisotopic (exact) mass is 205 g/mol. The molecule has 1 aromatic carbocycles. The van der Waals surface area contributed by atoms with Gasteiger partial charge in [-0.3, -0.25) is 0 Å². The number of benzene rings is 1. The van der Waals surface area contributed by atoms with Gasteiger partial charge in [0.05, 0.1) is 6.61 Å². The molecule has 2 N–H and O–H groups in total. The van der Waals surface area contributed by atoms with Crippen LogP contribution in [0.25, 0.3) is 0 Å². The third-order valence-corrected chi connectivity index (χ3v) is 1.91. The third kappa shape index (κ3) is 3.95. The van der Waals surface area contributed by atoms with Gasteiger partial charge in [0.15, 0.2) is 0 Å². The molecule has 0 amide bonds. The maximum Gasteiger partial charge on any atom is 0.330 e. The van der Waals surface area contributed by atoms with E-state index in [4.69, 9.17) is 10.5 Å². The molecular formula is C12H15NO2. The lowest BCUT2D eigenvalue weighted by molar-refractivity contribution is -0.137. The number of hydrogen-bond acceptors (Lipinski definition) is 3. The van der Waals surface area contributed by atoms with Crippen molar-refractivity contribution in [2.24, 2.45) is 5.73 Å². The van der Waals surface area contributed by atoms with Gasteiger partial charge >= 0.3 is 5.97 Å². The number of carbonyl (C=O) groups excluding carboxylic acids is 1. The van der Waals surface area contributed by atoms with E-state index in [9.17, 15) is 4.79 Å². The van der Waals surface area contributed by atoms with E-state index in [1.165, 1.54) is 6.08 Å². The first kappa shape index (κ1) is 11.5. The Morgan fingerprint density at radius 3 is 2.73 bits per heavy atom. The first-order valence-electron chi connectivity index (χ1n) is 4.89. The lowest BCUT2D eigenvalue weighted by Crippen LogP contribution is -2.08. The third-order valence-electron chi connectivity index (χ3n) is 1.91. The first-order valence-corrected chi connectivity index (χ1v) is 4.89. The predicted molar refractivity (Wildman–Crippen MR) is 59.1 cm³/mol. The Morgan fingerprint density at radius 2 is 2.13 bits per heavy atom. The summed E-state index contributed by atoms with van der Waals surface area (Å²) >= 11 is 0. The van der Waals surface area contributed by atoms with Crippen molar-refractivity contribution < 1.29 is 9.53 Å². The molecule has 0 bridgehead atoms. The molecule has 1 atom stereocenters. The Balaban J connectivity index is 2.56. The van der Waals surface area contributed by atoms with Crippen LogP contribution in [0.4, 0.5) is 0 Å². The number of hydrogen-bond donors (Lipinski definition) is 1. The average Bonchev–Trinajstić information content (AvgIpc) is 2.27. The summed E-state index contributed by atoms with van der Waals surface area (Å²) in [5.41, 5.74) is 6.82. The van der Waals surface area contributed by atoms with Crippen LogP contribution < -0.4 is 5.73 Å². The molecule has 0 radical (unpaired) electrons. The Hall–Kier alpha value is -1.61. The molecule has 0 saturated carbocycles. The lowest BCUT2D eigenvalue weighted by atomic mass is 10.1. The molecule has 0 aromatic heterocycles. The molecule has 3 heteroatoms. The minimum Gasteiger partial charge on any atom is -0.463 e. The SMILES string of the molecule is CCOC(=O)/C=C/[C@H](N)c1ccccc1. The van der Waals surface area contributed by atoms with Crippen LogP contribution >= 0.6 is 0 Å². The fourth-order valence-corrected chi connectivity index (χ4v) is 1.16. The molecule has 3 nitrogen and oxygen atoms in total. The normalized spacial score (nSPS) is 12.7. The van der Waals surface area contributed by atoms with Crippen molar-refractivity contribution in [1.82, 2.24) is 0 Å². The number of ether oxygens (including phenoxy) is 1. The van der Waals surface area contributed by atoms with Crippen molar-refractivity contribution in [2.75, 3.05) is 6.61 Å². The van der Waals surface area contributed by atoms with Crippen LogP contribution in [0.1, 0.15) is 18.5 Å². The highest BCUT2D eigenvalue weighted by Crippen LogP contribution is 2.10. The fourth-order valence-electron chi connectivity index (χ4n) is 1.16. The van der Waals surface area contributed by atoms with Crippen LogP contribution in [-0.2, 0) is 9.53 Å². The van der Waals surface area contributed by atoms with Crippen molar-refractivity contribution in [1.29, 1.82) is 0 Å². The molecule has 1 aromatic rings. The zero-order valence-electron chi connectivity index (χ0n) is 8.72. The second-order valence-electron chi connectivity index (χ2n) is 3.05. The summed E-state index contributed by atoms with van der Waals surface area (Å²) in [7, 11) is 0. The van der Waals surface area contributed by atoms with Gasteiger partial charge in [-0.2, -0.15) is 0 Å². The number of carbonyl (C=O) groups is 1. The minimum absolute atomic E-state index is 0.268. The molecule has 0 saturated heterocycles. The summed E-state index contributed by atoms with van der Waals surface area (Å²) < 4.78 is 4.75. The predicted octanol–water partition coefficient (Wildman–Crippen LogP) is 1.81. The minimum atomic E-state index is -0.358. The summed E-state index contributed by atoms with van der Waals surface area (Å²) in [6, 6.07) is 9.31. The Kier molecular flexibility index (Phi) is 4.57. The van der Waals surface area contributed by atoms with Gasteiger partial charge in [0, 0.05) is 12.1 Å². The summed E-state index contributed by atoms with van der Waals surface area (Å²) in [6.07, 6.45) is 2.99. The van der Waals surface area contributed by atoms with E-state index in [2.05, 4.69) is 0 Å². The Morgan fingerprint density at radius 1 is 1.47 bits per heavy atom.